The summed E-state index contributed by atoms with van der Waals surface area (Å²) in [4.78, 5) is 53.9. The number of hydrogen-bond acceptors (Lipinski definition) is 8. The number of benzene rings is 2. The van der Waals surface area contributed by atoms with Crippen LogP contribution in [0.1, 0.15) is 72.9 Å². The minimum absolute atomic E-state index is 0.162. The number of nitrogens with one attached hydrogen (secondary N) is 3. The first-order chi connectivity index (χ1) is 23.3. The number of carbonyl (C=O) groups excluding carboxylic acids is 4. The molecule has 0 aliphatic carbocycles. The lowest BCUT2D eigenvalue weighted by Crippen LogP contribution is -2.71. The summed E-state index contributed by atoms with van der Waals surface area (Å²) in [5.74, 6) is -2.13. The smallest absolute Gasteiger partial charge is 0.308 e. The van der Waals surface area contributed by atoms with Crippen LogP contribution in [0.4, 0.5) is 0 Å². The number of ether oxygens (including phenoxy) is 4. The van der Waals surface area contributed by atoms with Gasteiger partial charge >= 0.3 is 5.97 Å². The zero-order chi connectivity index (χ0) is 37.5. The van der Waals surface area contributed by atoms with E-state index in [1.165, 1.54) is 0 Å². The van der Waals surface area contributed by atoms with E-state index >= 15 is 0 Å². The van der Waals surface area contributed by atoms with Gasteiger partial charge in [0.15, 0.2) is 6.04 Å². The molecule has 0 aliphatic heterocycles. The number of esters is 1. The fourth-order valence-corrected chi connectivity index (χ4v) is 5.10. The molecule has 0 fully saturated rings. The summed E-state index contributed by atoms with van der Waals surface area (Å²) in [7, 11) is 1.56. The Hall–Kier alpha value is -4.00. The lowest BCUT2D eigenvalue weighted by atomic mass is 9.81. The molecule has 3 amide bonds. The van der Waals surface area contributed by atoms with E-state index in [2.05, 4.69) is 21.7 Å². The highest BCUT2D eigenvalue weighted by atomic mass is 16.6. The average molecular weight is 700 g/mol. The van der Waals surface area contributed by atoms with E-state index in [1.807, 2.05) is 75.4 Å². The molecule has 2 aromatic carbocycles. The molecule has 0 heterocycles. The van der Waals surface area contributed by atoms with Crippen molar-refractivity contribution in [2.45, 2.75) is 103 Å². The number of quaternary nitrogens is 1. The second-order valence-electron chi connectivity index (χ2n) is 15.0. The first kappa shape index (κ1) is 42.2. The van der Waals surface area contributed by atoms with E-state index < -0.39 is 46.9 Å². The molecule has 0 aromatic heterocycles. The first-order valence-corrected chi connectivity index (χ1v) is 17.1. The van der Waals surface area contributed by atoms with E-state index in [1.54, 1.807) is 41.7 Å². The van der Waals surface area contributed by atoms with Crippen LogP contribution in [0.2, 0.25) is 0 Å². The zero-order valence-corrected chi connectivity index (χ0v) is 31.4. The standard InChI is InChI=1S/C38H58N4O8/c1-36(2,3)49-28-17-15-27(16-18-28)24-30(39)34(45)42-38(7,8)29(23-26-13-11-10-12-14-26)33(44)41-31(25-32(43)50-37(4,5)6)35(46)40-19-20-48-22-21-47-9/h10-18,29-31H,19-25,39H2,1-9H3,(H,40,46)(H,41,44)(H,42,45)/p+1. The number of hydrogen-bond donors (Lipinski definition) is 4. The van der Waals surface area contributed by atoms with Crippen molar-refractivity contribution in [3.8, 4) is 5.75 Å². The third-order valence-corrected chi connectivity index (χ3v) is 7.52. The second-order valence-corrected chi connectivity index (χ2v) is 15.0. The van der Waals surface area contributed by atoms with E-state index in [0.29, 0.717) is 19.6 Å². The third kappa shape index (κ3) is 16.1. The SMILES string of the molecule is COCCOCCNC(=O)C(CC(=O)OC(C)(C)C)NC(=O)C(Cc1ccccc1)C(C)(C)NC(=O)C([NH3+])Cc1ccc(OC(C)(C)C)cc1. The maximum atomic E-state index is 14.1. The molecule has 2 aromatic rings. The van der Waals surface area contributed by atoms with Gasteiger partial charge in [-0.05, 0) is 85.1 Å². The quantitative estimate of drug-likeness (QED) is 0.128. The summed E-state index contributed by atoms with van der Waals surface area (Å²) in [6.07, 6.45) is 0.246. The minimum Gasteiger partial charge on any atom is -0.488 e. The summed E-state index contributed by atoms with van der Waals surface area (Å²) in [6, 6.07) is 15.1. The predicted molar refractivity (Wildman–Crippen MR) is 191 cm³/mol. The van der Waals surface area contributed by atoms with Crippen molar-refractivity contribution in [3.05, 3.63) is 65.7 Å². The van der Waals surface area contributed by atoms with E-state index in [4.69, 9.17) is 18.9 Å². The van der Waals surface area contributed by atoms with Crippen LogP contribution in [0.3, 0.4) is 0 Å². The normalized spacial score (nSPS) is 13.8. The fraction of sp³-hybridized carbons (Fsp3) is 0.579. The van der Waals surface area contributed by atoms with Gasteiger partial charge in [-0.2, -0.15) is 0 Å². The molecule has 0 saturated heterocycles. The number of rotatable bonds is 19. The first-order valence-electron chi connectivity index (χ1n) is 17.1. The predicted octanol–water partition coefficient (Wildman–Crippen LogP) is 2.77. The summed E-state index contributed by atoms with van der Waals surface area (Å²) in [6.45, 7) is 15.8. The molecule has 0 spiro atoms. The molecule has 3 atom stereocenters. The molecule has 0 radical (unpaired) electrons. The van der Waals surface area contributed by atoms with Crippen LogP contribution in [0.15, 0.2) is 54.6 Å². The molecule has 12 heteroatoms. The van der Waals surface area contributed by atoms with Crippen molar-refractivity contribution in [2.75, 3.05) is 33.5 Å². The van der Waals surface area contributed by atoms with Crippen LogP contribution < -0.4 is 26.4 Å². The van der Waals surface area contributed by atoms with Crippen molar-refractivity contribution in [1.82, 2.24) is 16.0 Å². The number of carbonyl (C=O) groups is 4. The van der Waals surface area contributed by atoms with Crippen molar-refractivity contribution in [1.29, 1.82) is 0 Å². The Morgan fingerprint density at radius 1 is 0.740 bits per heavy atom. The highest BCUT2D eigenvalue weighted by Crippen LogP contribution is 2.24. The highest BCUT2D eigenvalue weighted by Gasteiger charge is 2.40. The van der Waals surface area contributed by atoms with Gasteiger partial charge in [-0.3, -0.25) is 19.2 Å². The van der Waals surface area contributed by atoms with Gasteiger partial charge in [-0.1, -0.05) is 42.5 Å². The summed E-state index contributed by atoms with van der Waals surface area (Å²) in [5, 5.41) is 8.57. The van der Waals surface area contributed by atoms with Crippen LogP contribution in [0.25, 0.3) is 0 Å². The molecule has 0 aliphatic rings. The van der Waals surface area contributed by atoms with Crippen LogP contribution in [0, 0.1) is 5.92 Å². The lowest BCUT2D eigenvalue weighted by Gasteiger charge is -2.36. The van der Waals surface area contributed by atoms with Crippen LogP contribution in [-0.2, 0) is 46.2 Å². The maximum Gasteiger partial charge on any atom is 0.308 e. The molecule has 278 valence electrons. The molecule has 12 nitrogen and oxygen atoms in total. The summed E-state index contributed by atoms with van der Waals surface area (Å²) in [5.41, 5.74) is 3.68. The molecule has 50 heavy (non-hydrogen) atoms. The Morgan fingerprint density at radius 3 is 1.94 bits per heavy atom. The Morgan fingerprint density at radius 2 is 1.36 bits per heavy atom. The Balaban J connectivity index is 2.25. The monoisotopic (exact) mass is 699 g/mol. The second kappa shape index (κ2) is 19.4. The zero-order valence-electron chi connectivity index (χ0n) is 31.4. The van der Waals surface area contributed by atoms with Crippen molar-refractivity contribution < 1.29 is 43.9 Å². The summed E-state index contributed by atoms with van der Waals surface area (Å²) >= 11 is 0. The Bertz CT molecular complexity index is 1370. The highest BCUT2D eigenvalue weighted by molar-refractivity contribution is 5.92. The van der Waals surface area contributed by atoms with Crippen LogP contribution >= 0.6 is 0 Å². The van der Waals surface area contributed by atoms with Gasteiger partial charge in [0.2, 0.25) is 11.8 Å². The van der Waals surface area contributed by atoms with Gasteiger partial charge in [-0.15, -0.1) is 0 Å². The lowest BCUT2D eigenvalue weighted by molar-refractivity contribution is -0.403. The summed E-state index contributed by atoms with van der Waals surface area (Å²) < 4.78 is 21.8. The molecular formula is C38H59N4O8+. The van der Waals surface area contributed by atoms with E-state index in [-0.39, 0.29) is 37.5 Å². The number of methoxy groups -OCH3 is 1. The topological polar surface area (TPSA) is 169 Å². The molecule has 0 saturated carbocycles. The van der Waals surface area contributed by atoms with Gasteiger partial charge in [0.05, 0.1) is 32.2 Å². The largest absolute Gasteiger partial charge is 0.488 e. The number of amides is 3. The molecule has 3 unspecified atom stereocenters. The maximum absolute atomic E-state index is 14.1. The molecule has 6 N–H and O–H groups in total. The molecular weight excluding hydrogens is 640 g/mol. The van der Waals surface area contributed by atoms with Crippen molar-refractivity contribution in [3.63, 3.8) is 0 Å². The molecule has 0 bridgehead atoms. The molecule has 2 rings (SSSR count). The van der Waals surface area contributed by atoms with Gasteiger partial charge < -0.3 is 40.6 Å². The van der Waals surface area contributed by atoms with Gasteiger partial charge in [0.25, 0.3) is 5.91 Å². The van der Waals surface area contributed by atoms with Crippen LogP contribution in [-0.4, -0.2) is 86.0 Å². The van der Waals surface area contributed by atoms with Gasteiger partial charge in [-0.25, -0.2) is 0 Å². The minimum atomic E-state index is -1.23. The van der Waals surface area contributed by atoms with Crippen LogP contribution in [0.5, 0.6) is 5.75 Å². The third-order valence-electron chi connectivity index (χ3n) is 7.52. The van der Waals surface area contributed by atoms with E-state index in [9.17, 15) is 19.2 Å². The van der Waals surface area contributed by atoms with Crippen molar-refractivity contribution in [2.24, 2.45) is 5.92 Å². The van der Waals surface area contributed by atoms with Crippen molar-refractivity contribution >= 4 is 23.7 Å². The average Bonchev–Trinajstić information content (AvgIpc) is 3.00. The van der Waals surface area contributed by atoms with Gasteiger partial charge in [0.1, 0.15) is 23.0 Å². The van der Waals surface area contributed by atoms with E-state index in [0.717, 1.165) is 16.9 Å². The van der Waals surface area contributed by atoms with Gasteiger partial charge in [0, 0.05) is 25.6 Å². The Kier molecular flexibility index (Phi) is 16.4. The Labute approximate surface area is 297 Å². The fourth-order valence-electron chi connectivity index (χ4n) is 5.10.